The fourth-order valence-electron chi connectivity index (χ4n) is 3.24. The van der Waals surface area contributed by atoms with Gasteiger partial charge in [0.15, 0.2) is 0 Å². The maximum atomic E-state index is 12.4. The Hall–Kier alpha value is -2.34. The highest BCUT2D eigenvalue weighted by molar-refractivity contribution is 5.89. The van der Waals surface area contributed by atoms with E-state index in [-0.39, 0.29) is 6.03 Å². The molecule has 1 aliphatic rings. The summed E-state index contributed by atoms with van der Waals surface area (Å²) in [5, 5.41) is 7.50. The van der Waals surface area contributed by atoms with Crippen LogP contribution < -0.4 is 5.32 Å². The maximum Gasteiger partial charge on any atom is 0.321 e. The Kier molecular flexibility index (Phi) is 5.38. The molecule has 6 nitrogen and oxygen atoms in total. The molecule has 0 aliphatic carbocycles. The van der Waals surface area contributed by atoms with Gasteiger partial charge >= 0.3 is 6.03 Å². The predicted molar refractivity (Wildman–Crippen MR) is 99.9 cm³/mol. The molecular formula is C19H27N5O. The molecule has 6 heteroatoms. The highest BCUT2D eigenvalue weighted by Gasteiger charge is 2.21. The van der Waals surface area contributed by atoms with Crippen LogP contribution in [0.1, 0.15) is 17.0 Å². The summed E-state index contributed by atoms with van der Waals surface area (Å²) in [7, 11) is 0. The quantitative estimate of drug-likeness (QED) is 0.930. The molecule has 1 aromatic heterocycles. The van der Waals surface area contributed by atoms with Gasteiger partial charge in [0, 0.05) is 44.1 Å². The van der Waals surface area contributed by atoms with E-state index in [9.17, 15) is 4.79 Å². The molecule has 1 aliphatic heterocycles. The SMILES string of the molecule is Cc1cccc(NC(=O)N2CCN(CCn3nc(C)cc3C)CC2)c1. The minimum Gasteiger partial charge on any atom is -0.322 e. The molecule has 1 fully saturated rings. The number of piperazine rings is 1. The van der Waals surface area contributed by atoms with E-state index >= 15 is 0 Å². The Morgan fingerprint density at radius 2 is 1.84 bits per heavy atom. The van der Waals surface area contributed by atoms with Crippen molar-refractivity contribution >= 4 is 11.7 Å². The van der Waals surface area contributed by atoms with E-state index in [1.807, 2.05) is 43.0 Å². The third kappa shape index (κ3) is 4.60. The van der Waals surface area contributed by atoms with Crippen molar-refractivity contribution in [3.05, 3.63) is 47.3 Å². The number of nitrogens with one attached hydrogen (secondary N) is 1. The number of hydrogen-bond donors (Lipinski definition) is 1. The van der Waals surface area contributed by atoms with Gasteiger partial charge in [0.1, 0.15) is 0 Å². The molecule has 0 saturated carbocycles. The van der Waals surface area contributed by atoms with Crippen molar-refractivity contribution in [2.45, 2.75) is 27.3 Å². The van der Waals surface area contributed by atoms with Gasteiger partial charge < -0.3 is 10.2 Å². The number of carbonyl (C=O) groups is 1. The number of benzene rings is 1. The number of anilines is 1. The van der Waals surface area contributed by atoms with Crippen molar-refractivity contribution in [2.24, 2.45) is 0 Å². The lowest BCUT2D eigenvalue weighted by Crippen LogP contribution is -2.50. The largest absolute Gasteiger partial charge is 0.322 e. The zero-order valence-corrected chi connectivity index (χ0v) is 15.3. The van der Waals surface area contributed by atoms with Crippen LogP contribution in [-0.2, 0) is 6.54 Å². The lowest BCUT2D eigenvalue weighted by Gasteiger charge is -2.34. The van der Waals surface area contributed by atoms with Crippen LogP contribution in [0.25, 0.3) is 0 Å². The average Bonchev–Trinajstić information content (AvgIpc) is 2.91. The van der Waals surface area contributed by atoms with E-state index in [2.05, 4.69) is 33.0 Å². The van der Waals surface area contributed by atoms with Crippen LogP contribution >= 0.6 is 0 Å². The van der Waals surface area contributed by atoms with Crippen molar-refractivity contribution in [3.63, 3.8) is 0 Å². The number of carbonyl (C=O) groups excluding carboxylic acids is 1. The standard InChI is InChI=1S/C19H27N5O/c1-15-5-4-6-18(13-15)20-19(25)23-10-7-22(8-11-23)9-12-24-17(3)14-16(2)21-24/h4-6,13-14H,7-12H2,1-3H3,(H,20,25). The smallest absolute Gasteiger partial charge is 0.321 e. The molecule has 1 saturated heterocycles. The molecule has 1 N–H and O–H groups in total. The average molecular weight is 341 g/mol. The van der Waals surface area contributed by atoms with Gasteiger partial charge in [-0.3, -0.25) is 9.58 Å². The minimum atomic E-state index is -0.0104. The molecule has 2 aromatic rings. The summed E-state index contributed by atoms with van der Waals surface area (Å²) in [6.45, 7) is 11.3. The van der Waals surface area contributed by atoms with Crippen molar-refractivity contribution < 1.29 is 4.79 Å². The summed E-state index contributed by atoms with van der Waals surface area (Å²) in [5.74, 6) is 0. The highest BCUT2D eigenvalue weighted by atomic mass is 16.2. The van der Waals surface area contributed by atoms with Crippen LogP contribution in [0.15, 0.2) is 30.3 Å². The second-order valence-electron chi connectivity index (χ2n) is 6.78. The topological polar surface area (TPSA) is 53.4 Å². The zero-order chi connectivity index (χ0) is 17.8. The fraction of sp³-hybridized carbons (Fsp3) is 0.474. The number of aryl methyl sites for hydroxylation is 3. The first-order valence-electron chi connectivity index (χ1n) is 8.87. The van der Waals surface area contributed by atoms with Crippen LogP contribution in [0.3, 0.4) is 0 Å². The predicted octanol–water partition coefficient (Wildman–Crippen LogP) is 2.66. The monoisotopic (exact) mass is 341 g/mol. The van der Waals surface area contributed by atoms with E-state index in [1.165, 1.54) is 5.69 Å². The maximum absolute atomic E-state index is 12.4. The Morgan fingerprint density at radius 1 is 1.08 bits per heavy atom. The van der Waals surface area contributed by atoms with Gasteiger partial charge in [-0.1, -0.05) is 12.1 Å². The molecule has 3 rings (SSSR count). The van der Waals surface area contributed by atoms with Crippen LogP contribution in [0.4, 0.5) is 10.5 Å². The Labute approximate surface area is 149 Å². The van der Waals surface area contributed by atoms with Gasteiger partial charge in [0.05, 0.1) is 12.2 Å². The number of hydrogen-bond acceptors (Lipinski definition) is 3. The Balaban J connectivity index is 1.45. The van der Waals surface area contributed by atoms with Crippen LogP contribution in [0.2, 0.25) is 0 Å². The third-order valence-corrected chi connectivity index (χ3v) is 4.66. The van der Waals surface area contributed by atoms with E-state index in [1.54, 1.807) is 0 Å². The molecule has 0 spiro atoms. The van der Waals surface area contributed by atoms with Gasteiger partial charge in [-0.25, -0.2) is 4.79 Å². The lowest BCUT2D eigenvalue weighted by molar-refractivity contribution is 0.143. The lowest BCUT2D eigenvalue weighted by atomic mass is 10.2. The zero-order valence-electron chi connectivity index (χ0n) is 15.3. The second kappa shape index (κ2) is 7.70. The highest BCUT2D eigenvalue weighted by Crippen LogP contribution is 2.12. The first kappa shape index (κ1) is 17.5. The molecular weight excluding hydrogens is 314 g/mol. The Bertz CT molecular complexity index is 731. The molecule has 0 atom stereocenters. The number of aromatic nitrogens is 2. The van der Waals surface area contributed by atoms with Crippen LogP contribution in [-0.4, -0.2) is 58.3 Å². The van der Waals surface area contributed by atoms with Gasteiger partial charge in [-0.15, -0.1) is 0 Å². The summed E-state index contributed by atoms with van der Waals surface area (Å²) < 4.78 is 2.06. The minimum absolute atomic E-state index is 0.0104. The van der Waals surface area contributed by atoms with Gasteiger partial charge in [0.25, 0.3) is 0 Å². The van der Waals surface area contributed by atoms with E-state index in [4.69, 9.17) is 0 Å². The molecule has 0 unspecified atom stereocenters. The number of amides is 2. The first-order chi connectivity index (χ1) is 12.0. The molecule has 0 radical (unpaired) electrons. The molecule has 0 bridgehead atoms. The van der Waals surface area contributed by atoms with Gasteiger partial charge in [-0.2, -0.15) is 5.10 Å². The second-order valence-corrected chi connectivity index (χ2v) is 6.78. The van der Waals surface area contributed by atoms with E-state index in [0.717, 1.165) is 56.2 Å². The van der Waals surface area contributed by atoms with E-state index < -0.39 is 0 Å². The molecule has 2 amide bonds. The molecule has 25 heavy (non-hydrogen) atoms. The van der Waals surface area contributed by atoms with Crippen LogP contribution in [0, 0.1) is 20.8 Å². The molecule has 1 aromatic carbocycles. The van der Waals surface area contributed by atoms with Crippen LogP contribution in [0.5, 0.6) is 0 Å². The van der Waals surface area contributed by atoms with Crippen molar-refractivity contribution in [1.29, 1.82) is 0 Å². The fourth-order valence-corrected chi connectivity index (χ4v) is 3.24. The van der Waals surface area contributed by atoms with Crippen molar-refractivity contribution in [2.75, 3.05) is 38.0 Å². The summed E-state index contributed by atoms with van der Waals surface area (Å²) in [5.41, 5.74) is 4.27. The Morgan fingerprint density at radius 3 is 2.48 bits per heavy atom. The molecule has 2 heterocycles. The summed E-state index contributed by atoms with van der Waals surface area (Å²) in [6.07, 6.45) is 0. The first-order valence-corrected chi connectivity index (χ1v) is 8.87. The number of urea groups is 1. The van der Waals surface area contributed by atoms with E-state index in [0.29, 0.717) is 0 Å². The summed E-state index contributed by atoms with van der Waals surface area (Å²) >= 11 is 0. The summed E-state index contributed by atoms with van der Waals surface area (Å²) in [6, 6.07) is 9.99. The third-order valence-electron chi connectivity index (χ3n) is 4.66. The van der Waals surface area contributed by atoms with Crippen molar-refractivity contribution in [1.82, 2.24) is 19.6 Å². The molecule has 134 valence electrons. The summed E-state index contributed by atoms with van der Waals surface area (Å²) in [4.78, 5) is 16.7. The van der Waals surface area contributed by atoms with Crippen molar-refractivity contribution in [3.8, 4) is 0 Å². The number of nitrogens with zero attached hydrogens (tertiary/aromatic N) is 4. The van der Waals surface area contributed by atoms with Gasteiger partial charge in [-0.05, 0) is 44.5 Å². The number of rotatable bonds is 4. The normalized spacial score (nSPS) is 15.4. The van der Waals surface area contributed by atoms with Gasteiger partial charge in [0.2, 0.25) is 0 Å².